The van der Waals surface area contributed by atoms with E-state index in [1.54, 1.807) is 13.0 Å². The van der Waals surface area contributed by atoms with E-state index in [2.05, 4.69) is 12.2 Å². The van der Waals surface area contributed by atoms with Crippen LogP contribution >= 0.6 is 10.7 Å². The maximum Gasteiger partial charge on any atom is 0.261 e. The van der Waals surface area contributed by atoms with Gasteiger partial charge in [0.25, 0.3) is 15.0 Å². The summed E-state index contributed by atoms with van der Waals surface area (Å²) in [4.78, 5) is 12.1. The number of aryl methyl sites for hydroxylation is 1. The average Bonchev–Trinajstić information content (AvgIpc) is 3.05. The molecule has 0 spiro atoms. The number of nitrogens with one attached hydrogen (secondary N) is 1. The monoisotopic (exact) mass is 315 g/mol. The molecule has 2 atom stereocenters. The lowest BCUT2D eigenvalue weighted by atomic mass is 10.1. The lowest BCUT2D eigenvalue weighted by Gasteiger charge is -2.07. The largest absolute Gasteiger partial charge is 0.349 e. The first kappa shape index (κ1) is 15.3. The van der Waals surface area contributed by atoms with Gasteiger partial charge < -0.3 is 5.32 Å². The van der Waals surface area contributed by atoms with Crippen molar-refractivity contribution < 1.29 is 13.2 Å². The number of rotatable bonds is 5. The quantitative estimate of drug-likeness (QED) is 0.850. The molecule has 0 bridgehead atoms. The normalized spacial score (nSPS) is 21.6. The van der Waals surface area contributed by atoms with Crippen LogP contribution in [-0.4, -0.2) is 20.4 Å². The molecule has 4 nitrogen and oxygen atoms in total. The number of amides is 1. The highest BCUT2D eigenvalue weighted by Crippen LogP contribution is 2.34. The Morgan fingerprint density at radius 2 is 2.10 bits per heavy atom. The standard InChI is InChI=1S/C14H18ClNO3S/c1-3-4-10-8-13(10)16-14(17)11-5-9(2)6-12(7-11)20(15,18)19/h5-7,10,13H,3-4,8H2,1-2H3,(H,16,17). The molecule has 1 aliphatic rings. The Morgan fingerprint density at radius 1 is 1.40 bits per heavy atom. The van der Waals surface area contributed by atoms with Gasteiger partial charge in [-0.1, -0.05) is 13.3 Å². The molecular weight excluding hydrogens is 298 g/mol. The van der Waals surface area contributed by atoms with Gasteiger partial charge in [-0.15, -0.1) is 0 Å². The maximum absolute atomic E-state index is 12.1. The van der Waals surface area contributed by atoms with Crippen molar-refractivity contribution in [1.82, 2.24) is 5.32 Å². The Morgan fingerprint density at radius 3 is 2.70 bits per heavy atom. The molecule has 1 aliphatic carbocycles. The fourth-order valence-corrected chi connectivity index (χ4v) is 3.25. The summed E-state index contributed by atoms with van der Waals surface area (Å²) in [5.74, 6) is 0.323. The van der Waals surface area contributed by atoms with Crippen LogP contribution in [0, 0.1) is 12.8 Å². The Labute approximate surface area is 123 Å². The molecule has 0 aromatic heterocycles. The highest BCUT2D eigenvalue weighted by Gasteiger charge is 2.37. The second-order valence-corrected chi connectivity index (χ2v) is 7.90. The highest BCUT2D eigenvalue weighted by atomic mass is 35.7. The number of carbonyl (C=O) groups is 1. The molecule has 0 radical (unpaired) electrons. The number of benzene rings is 1. The second kappa shape index (κ2) is 5.74. The van der Waals surface area contributed by atoms with Crippen molar-refractivity contribution in [3.63, 3.8) is 0 Å². The van der Waals surface area contributed by atoms with Gasteiger partial charge in [-0.3, -0.25) is 4.79 Å². The zero-order chi connectivity index (χ0) is 14.9. The molecule has 0 saturated heterocycles. The number of hydrogen-bond acceptors (Lipinski definition) is 3. The van der Waals surface area contributed by atoms with Crippen LogP contribution in [0.3, 0.4) is 0 Å². The second-order valence-electron chi connectivity index (χ2n) is 5.34. The molecule has 110 valence electrons. The maximum atomic E-state index is 12.1. The molecule has 1 aromatic carbocycles. The van der Waals surface area contributed by atoms with E-state index in [9.17, 15) is 13.2 Å². The predicted octanol–water partition coefficient (Wildman–Crippen LogP) is 2.84. The van der Waals surface area contributed by atoms with Crippen molar-refractivity contribution in [3.05, 3.63) is 29.3 Å². The third-order valence-corrected chi connectivity index (χ3v) is 4.83. The Hall–Kier alpha value is -1.07. The Bertz CT molecular complexity index is 627. The number of carbonyl (C=O) groups excluding carboxylic acids is 1. The fourth-order valence-electron chi connectivity index (χ4n) is 2.39. The van der Waals surface area contributed by atoms with Crippen LogP contribution in [0.1, 0.15) is 42.1 Å². The zero-order valence-corrected chi connectivity index (χ0v) is 13.1. The Kier molecular flexibility index (Phi) is 4.39. The van der Waals surface area contributed by atoms with Crippen molar-refractivity contribution in [1.29, 1.82) is 0 Å². The molecule has 1 amide bonds. The minimum absolute atomic E-state index is 0.0368. The van der Waals surface area contributed by atoms with Crippen molar-refractivity contribution in [2.75, 3.05) is 0 Å². The van der Waals surface area contributed by atoms with Crippen LogP contribution in [0.15, 0.2) is 23.1 Å². The van der Waals surface area contributed by atoms with Gasteiger partial charge in [-0.05, 0) is 49.4 Å². The lowest BCUT2D eigenvalue weighted by molar-refractivity contribution is 0.0948. The van der Waals surface area contributed by atoms with E-state index in [1.165, 1.54) is 12.1 Å². The van der Waals surface area contributed by atoms with Gasteiger partial charge >= 0.3 is 0 Å². The van der Waals surface area contributed by atoms with Crippen molar-refractivity contribution >= 4 is 25.6 Å². The van der Waals surface area contributed by atoms with Gasteiger partial charge in [-0.25, -0.2) is 8.42 Å². The highest BCUT2D eigenvalue weighted by molar-refractivity contribution is 8.13. The van der Waals surface area contributed by atoms with E-state index in [0.717, 1.165) is 19.3 Å². The Balaban J connectivity index is 2.13. The van der Waals surface area contributed by atoms with Gasteiger partial charge in [0.05, 0.1) is 4.90 Å². The van der Waals surface area contributed by atoms with Gasteiger partial charge in [0.1, 0.15) is 0 Å². The molecular formula is C14H18ClNO3S. The van der Waals surface area contributed by atoms with Crippen molar-refractivity contribution in [3.8, 4) is 0 Å². The topological polar surface area (TPSA) is 63.2 Å². The van der Waals surface area contributed by atoms with Crippen LogP contribution in [0.4, 0.5) is 0 Å². The molecule has 20 heavy (non-hydrogen) atoms. The third-order valence-electron chi connectivity index (χ3n) is 3.49. The van der Waals surface area contributed by atoms with E-state index in [0.29, 0.717) is 17.0 Å². The van der Waals surface area contributed by atoms with Crippen LogP contribution in [0.25, 0.3) is 0 Å². The van der Waals surface area contributed by atoms with Crippen LogP contribution in [-0.2, 0) is 9.05 Å². The molecule has 1 fully saturated rings. The molecule has 1 saturated carbocycles. The molecule has 2 rings (SSSR count). The van der Waals surface area contributed by atoms with Crippen LogP contribution in [0.2, 0.25) is 0 Å². The first-order chi connectivity index (χ1) is 9.31. The van der Waals surface area contributed by atoms with Crippen molar-refractivity contribution in [2.24, 2.45) is 5.92 Å². The summed E-state index contributed by atoms with van der Waals surface area (Å²) in [7, 11) is 1.51. The molecule has 2 unspecified atom stereocenters. The van der Waals surface area contributed by atoms with E-state index >= 15 is 0 Å². The SMILES string of the molecule is CCCC1CC1NC(=O)c1cc(C)cc(S(=O)(=O)Cl)c1. The van der Waals surface area contributed by atoms with E-state index < -0.39 is 9.05 Å². The van der Waals surface area contributed by atoms with Gasteiger partial charge in [0, 0.05) is 22.3 Å². The summed E-state index contributed by atoms with van der Waals surface area (Å²) >= 11 is 0. The minimum Gasteiger partial charge on any atom is -0.349 e. The molecule has 1 N–H and O–H groups in total. The van der Waals surface area contributed by atoms with Crippen LogP contribution < -0.4 is 5.32 Å². The summed E-state index contributed by atoms with van der Waals surface area (Å²) in [5.41, 5.74) is 1.03. The third kappa shape index (κ3) is 3.73. The summed E-state index contributed by atoms with van der Waals surface area (Å²) in [5, 5.41) is 2.93. The van der Waals surface area contributed by atoms with E-state index in [4.69, 9.17) is 10.7 Å². The summed E-state index contributed by atoms with van der Waals surface area (Å²) in [6, 6.07) is 4.66. The average molecular weight is 316 g/mol. The first-order valence-corrected chi connectivity index (χ1v) is 8.99. The van der Waals surface area contributed by atoms with E-state index in [-0.39, 0.29) is 16.8 Å². The summed E-state index contributed by atoms with van der Waals surface area (Å²) < 4.78 is 22.7. The van der Waals surface area contributed by atoms with Crippen LogP contribution in [0.5, 0.6) is 0 Å². The van der Waals surface area contributed by atoms with E-state index in [1.807, 2.05) is 0 Å². The molecule has 6 heteroatoms. The minimum atomic E-state index is -3.82. The summed E-state index contributed by atoms with van der Waals surface area (Å²) in [6.07, 6.45) is 3.22. The fraction of sp³-hybridized carbons (Fsp3) is 0.500. The molecule has 0 aliphatic heterocycles. The number of hydrogen-bond donors (Lipinski definition) is 1. The van der Waals surface area contributed by atoms with Crippen molar-refractivity contribution in [2.45, 2.75) is 44.0 Å². The lowest BCUT2D eigenvalue weighted by Crippen LogP contribution is -2.27. The molecule has 1 aromatic rings. The van der Waals surface area contributed by atoms with Gasteiger partial charge in [0.2, 0.25) is 0 Å². The van der Waals surface area contributed by atoms with Gasteiger partial charge in [0.15, 0.2) is 0 Å². The predicted molar refractivity (Wildman–Crippen MR) is 78.5 cm³/mol. The molecule has 0 heterocycles. The van der Waals surface area contributed by atoms with Gasteiger partial charge in [-0.2, -0.15) is 0 Å². The smallest absolute Gasteiger partial charge is 0.261 e. The summed E-state index contributed by atoms with van der Waals surface area (Å²) in [6.45, 7) is 3.86. The number of halogens is 1. The zero-order valence-electron chi connectivity index (χ0n) is 11.5. The first-order valence-electron chi connectivity index (χ1n) is 6.68.